The molecular weight excluding hydrogens is 152 g/mol. The maximum Gasteiger partial charge on any atom is 0.275 e. The van der Waals surface area contributed by atoms with Crippen molar-refractivity contribution in [2.75, 3.05) is 14.1 Å². The van der Waals surface area contributed by atoms with Gasteiger partial charge in [0.05, 0.1) is 20.3 Å². The average Bonchev–Trinajstić information content (AvgIpc) is 2.55. The summed E-state index contributed by atoms with van der Waals surface area (Å²) in [6, 6.07) is 0. The number of hydrogen-bond acceptors (Lipinski definition) is 2. The van der Waals surface area contributed by atoms with Crippen molar-refractivity contribution in [3.05, 3.63) is 30.6 Å². The first-order valence-electron chi connectivity index (χ1n) is 3.80. The molecule has 1 aromatic heterocycles. The zero-order valence-corrected chi connectivity index (χ0v) is 7.15. The molecule has 0 radical (unpaired) electrons. The highest BCUT2D eigenvalue weighted by Crippen LogP contribution is 2.13. The molecule has 0 amide bonds. The van der Waals surface area contributed by atoms with E-state index in [1.807, 2.05) is 6.20 Å². The fourth-order valence-corrected chi connectivity index (χ4v) is 1.21. The average molecular weight is 163 g/mol. The summed E-state index contributed by atoms with van der Waals surface area (Å²) in [5, 5.41) is 0. The lowest BCUT2D eigenvalue weighted by Gasteiger charge is -2.19. The van der Waals surface area contributed by atoms with E-state index in [0.717, 1.165) is 11.7 Å². The maximum absolute atomic E-state index is 4.25. The SMILES string of the molecule is C[N+]1(C)C=CN=C1c1ncc[nH]1. The van der Waals surface area contributed by atoms with E-state index in [1.165, 1.54) is 0 Å². The molecule has 2 rings (SSSR count). The van der Waals surface area contributed by atoms with Crippen LogP contribution >= 0.6 is 0 Å². The van der Waals surface area contributed by atoms with Gasteiger partial charge in [-0.15, -0.1) is 0 Å². The van der Waals surface area contributed by atoms with E-state index >= 15 is 0 Å². The Hall–Kier alpha value is -1.42. The van der Waals surface area contributed by atoms with E-state index in [2.05, 4.69) is 29.1 Å². The summed E-state index contributed by atoms with van der Waals surface area (Å²) in [5.41, 5.74) is 0. The Morgan fingerprint density at radius 2 is 2.25 bits per heavy atom. The van der Waals surface area contributed by atoms with Crippen molar-refractivity contribution in [1.29, 1.82) is 0 Å². The van der Waals surface area contributed by atoms with Crippen LogP contribution in [0.2, 0.25) is 0 Å². The van der Waals surface area contributed by atoms with Gasteiger partial charge in [-0.1, -0.05) is 0 Å². The first kappa shape index (κ1) is 7.24. The van der Waals surface area contributed by atoms with Gasteiger partial charge in [0, 0.05) is 12.4 Å². The van der Waals surface area contributed by atoms with Gasteiger partial charge in [0.25, 0.3) is 5.84 Å². The van der Waals surface area contributed by atoms with Crippen molar-refractivity contribution in [1.82, 2.24) is 9.97 Å². The van der Waals surface area contributed by atoms with Gasteiger partial charge >= 0.3 is 0 Å². The van der Waals surface area contributed by atoms with Gasteiger partial charge in [0.15, 0.2) is 0 Å². The molecule has 62 valence electrons. The zero-order chi connectivity index (χ0) is 8.60. The molecular formula is C8H11N4+. The quantitative estimate of drug-likeness (QED) is 0.609. The van der Waals surface area contributed by atoms with Gasteiger partial charge in [-0.25, -0.2) is 9.47 Å². The normalized spacial score (nSPS) is 19.7. The molecule has 12 heavy (non-hydrogen) atoms. The van der Waals surface area contributed by atoms with Crippen LogP contribution in [-0.2, 0) is 0 Å². The third kappa shape index (κ3) is 0.967. The largest absolute Gasteiger partial charge is 0.339 e. The van der Waals surface area contributed by atoms with E-state index in [4.69, 9.17) is 0 Å². The molecule has 0 fully saturated rings. The van der Waals surface area contributed by atoms with Crippen molar-refractivity contribution < 1.29 is 4.48 Å². The van der Waals surface area contributed by atoms with Gasteiger partial charge in [0.1, 0.15) is 6.20 Å². The predicted molar refractivity (Wildman–Crippen MR) is 46.4 cm³/mol. The number of H-pyrrole nitrogens is 1. The van der Waals surface area contributed by atoms with E-state index in [1.54, 1.807) is 18.6 Å². The van der Waals surface area contributed by atoms with E-state index in [-0.39, 0.29) is 0 Å². The molecule has 0 spiro atoms. The number of aromatic nitrogens is 2. The molecule has 1 N–H and O–H groups in total. The Balaban J connectivity index is 2.40. The van der Waals surface area contributed by atoms with Gasteiger partial charge in [-0.3, -0.25) is 0 Å². The van der Waals surface area contributed by atoms with Gasteiger partial charge in [-0.2, -0.15) is 4.99 Å². The van der Waals surface area contributed by atoms with Crippen molar-refractivity contribution >= 4 is 5.84 Å². The van der Waals surface area contributed by atoms with Crippen LogP contribution in [0.5, 0.6) is 0 Å². The minimum Gasteiger partial charge on any atom is -0.339 e. The minimum absolute atomic E-state index is 0.646. The van der Waals surface area contributed by atoms with Crippen LogP contribution in [0, 0.1) is 0 Å². The molecule has 0 saturated heterocycles. The molecule has 4 heteroatoms. The first-order chi connectivity index (χ1) is 5.70. The number of nitrogens with one attached hydrogen (secondary N) is 1. The number of rotatable bonds is 1. The van der Waals surface area contributed by atoms with Crippen molar-refractivity contribution in [3.63, 3.8) is 0 Å². The summed E-state index contributed by atoms with van der Waals surface area (Å²) in [7, 11) is 4.12. The van der Waals surface area contributed by atoms with Crippen LogP contribution in [0.3, 0.4) is 0 Å². The number of imidazole rings is 1. The standard InChI is InChI=1S/C8H11N4/c1-12(2)6-5-11-8(12)7-9-3-4-10-7/h3-6H,1-2H3,(H,9,10)/q+1. The van der Waals surface area contributed by atoms with E-state index in [9.17, 15) is 0 Å². The summed E-state index contributed by atoms with van der Waals surface area (Å²) in [6.07, 6.45) is 7.35. The lowest BCUT2D eigenvalue weighted by Crippen LogP contribution is -2.39. The van der Waals surface area contributed by atoms with E-state index < -0.39 is 0 Å². The highest BCUT2D eigenvalue weighted by Gasteiger charge is 2.28. The number of nitrogens with zero attached hydrogens (tertiary/aromatic N) is 3. The Bertz CT molecular complexity index is 332. The summed E-state index contributed by atoms with van der Waals surface area (Å²) in [4.78, 5) is 11.4. The highest BCUT2D eigenvalue weighted by molar-refractivity contribution is 5.91. The number of amidine groups is 1. The first-order valence-corrected chi connectivity index (χ1v) is 3.80. The molecule has 0 bridgehead atoms. The van der Waals surface area contributed by atoms with Crippen molar-refractivity contribution in [3.8, 4) is 0 Å². The maximum atomic E-state index is 4.25. The van der Waals surface area contributed by atoms with Crippen LogP contribution in [0.1, 0.15) is 5.82 Å². The monoisotopic (exact) mass is 163 g/mol. The molecule has 1 aliphatic heterocycles. The summed E-state index contributed by atoms with van der Waals surface area (Å²) in [5.74, 6) is 1.78. The molecule has 0 aromatic carbocycles. The number of aromatic amines is 1. The Labute approximate surface area is 70.9 Å². The predicted octanol–water partition coefficient (Wildman–Crippen LogP) is 0.717. The smallest absolute Gasteiger partial charge is 0.275 e. The zero-order valence-electron chi connectivity index (χ0n) is 7.15. The van der Waals surface area contributed by atoms with Crippen LogP contribution in [0.4, 0.5) is 0 Å². The van der Waals surface area contributed by atoms with Crippen LogP contribution in [-0.4, -0.2) is 34.4 Å². The van der Waals surface area contributed by atoms with Gasteiger partial charge < -0.3 is 4.98 Å². The molecule has 2 heterocycles. The van der Waals surface area contributed by atoms with E-state index in [0.29, 0.717) is 4.48 Å². The second-order valence-corrected chi connectivity index (χ2v) is 3.23. The van der Waals surface area contributed by atoms with Gasteiger partial charge in [0.2, 0.25) is 5.82 Å². The summed E-state index contributed by atoms with van der Waals surface area (Å²) in [6.45, 7) is 0. The Kier molecular flexibility index (Phi) is 1.38. The molecule has 1 aromatic rings. The topological polar surface area (TPSA) is 41.0 Å². The third-order valence-corrected chi connectivity index (χ3v) is 1.89. The fraction of sp³-hybridized carbons (Fsp3) is 0.250. The lowest BCUT2D eigenvalue weighted by molar-refractivity contribution is -0.739. The molecule has 0 unspecified atom stereocenters. The number of aliphatic imine (C=N–C) groups is 1. The highest BCUT2D eigenvalue weighted by atomic mass is 15.4. The second kappa shape index (κ2) is 2.28. The second-order valence-electron chi connectivity index (χ2n) is 3.23. The molecule has 1 aliphatic rings. The molecule has 4 nitrogen and oxygen atoms in total. The van der Waals surface area contributed by atoms with Crippen LogP contribution in [0.15, 0.2) is 29.8 Å². The minimum atomic E-state index is 0.646. The molecule has 0 saturated carbocycles. The fourth-order valence-electron chi connectivity index (χ4n) is 1.21. The number of hydrogen-bond donors (Lipinski definition) is 1. The number of quaternary nitrogens is 1. The summed E-state index contributed by atoms with van der Waals surface area (Å²) < 4.78 is 0.646. The van der Waals surface area contributed by atoms with Crippen molar-refractivity contribution in [2.45, 2.75) is 0 Å². The molecule has 0 aliphatic carbocycles. The van der Waals surface area contributed by atoms with Crippen LogP contribution in [0.25, 0.3) is 0 Å². The Morgan fingerprint density at radius 1 is 1.42 bits per heavy atom. The van der Waals surface area contributed by atoms with Crippen LogP contribution < -0.4 is 0 Å². The lowest BCUT2D eigenvalue weighted by atomic mass is 10.4. The third-order valence-electron chi connectivity index (χ3n) is 1.89. The van der Waals surface area contributed by atoms with Gasteiger partial charge in [-0.05, 0) is 0 Å². The molecule has 0 atom stereocenters. The Morgan fingerprint density at radius 3 is 2.75 bits per heavy atom. The van der Waals surface area contributed by atoms with Crippen molar-refractivity contribution in [2.24, 2.45) is 4.99 Å². The summed E-state index contributed by atoms with van der Waals surface area (Å²) >= 11 is 0.